The fraction of sp³-hybridized carbons (Fsp3) is 0.417. The highest BCUT2D eigenvalue weighted by Crippen LogP contribution is 2.23. The number of benzene rings is 2. The SMILES string of the molecule is CCCNC(=O)[C@H](CC)N(Cc1cccc(C)c1)C(=O)CN(c1cccc(Br)c1)S(C)(=O)=O. The number of hydrogen-bond acceptors (Lipinski definition) is 4. The Labute approximate surface area is 205 Å². The van der Waals surface area contributed by atoms with Gasteiger partial charge in [0.1, 0.15) is 12.6 Å². The summed E-state index contributed by atoms with van der Waals surface area (Å²) in [5.41, 5.74) is 2.29. The first-order chi connectivity index (χ1) is 15.6. The summed E-state index contributed by atoms with van der Waals surface area (Å²) in [6, 6.07) is 13.8. The predicted octanol–water partition coefficient (Wildman–Crippen LogP) is 3.86. The third-order valence-electron chi connectivity index (χ3n) is 5.15. The molecule has 0 aromatic heterocycles. The molecule has 2 amide bonds. The third kappa shape index (κ3) is 7.85. The first kappa shape index (κ1) is 26.9. The standard InChI is InChI=1S/C24H32BrN3O4S/c1-5-13-26-24(30)22(6-2)27(16-19-10-7-9-18(3)14-19)23(29)17-28(33(4,31)32)21-12-8-11-20(25)15-21/h7-12,14-15,22H,5-6,13,16-17H2,1-4H3,(H,26,30)/t22-/m0/s1. The zero-order chi connectivity index (χ0) is 24.6. The molecule has 0 unspecified atom stereocenters. The number of halogens is 1. The maximum Gasteiger partial charge on any atom is 0.244 e. The average molecular weight is 539 g/mol. The van der Waals surface area contributed by atoms with E-state index in [1.165, 1.54) is 4.90 Å². The van der Waals surface area contributed by atoms with Gasteiger partial charge in [-0.1, -0.05) is 65.7 Å². The lowest BCUT2D eigenvalue weighted by Gasteiger charge is -2.33. The Morgan fingerprint density at radius 2 is 1.79 bits per heavy atom. The summed E-state index contributed by atoms with van der Waals surface area (Å²) >= 11 is 3.35. The van der Waals surface area contributed by atoms with Crippen LogP contribution in [0.5, 0.6) is 0 Å². The molecule has 0 saturated heterocycles. The van der Waals surface area contributed by atoms with E-state index in [-0.39, 0.29) is 12.5 Å². The van der Waals surface area contributed by atoms with Crippen molar-refractivity contribution >= 4 is 43.5 Å². The molecule has 1 N–H and O–H groups in total. The van der Waals surface area contributed by atoms with Crippen LogP contribution in [0.4, 0.5) is 5.69 Å². The molecule has 0 aliphatic carbocycles. The zero-order valence-electron chi connectivity index (χ0n) is 19.5. The Morgan fingerprint density at radius 1 is 1.09 bits per heavy atom. The molecule has 33 heavy (non-hydrogen) atoms. The van der Waals surface area contributed by atoms with Crippen LogP contribution in [0.25, 0.3) is 0 Å². The number of carbonyl (C=O) groups is 2. The summed E-state index contributed by atoms with van der Waals surface area (Å²) in [7, 11) is -3.75. The van der Waals surface area contributed by atoms with E-state index in [0.29, 0.717) is 23.1 Å². The van der Waals surface area contributed by atoms with Crippen LogP contribution in [0, 0.1) is 6.92 Å². The monoisotopic (exact) mass is 537 g/mol. The minimum Gasteiger partial charge on any atom is -0.354 e. The van der Waals surface area contributed by atoms with E-state index in [2.05, 4.69) is 21.2 Å². The van der Waals surface area contributed by atoms with E-state index in [0.717, 1.165) is 28.1 Å². The normalized spacial score (nSPS) is 12.2. The van der Waals surface area contributed by atoms with E-state index in [9.17, 15) is 18.0 Å². The molecule has 0 fully saturated rings. The smallest absolute Gasteiger partial charge is 0.244 e. The second-order valence-corrected chi connectivity index (χ2v) is 10.8. The number of carbonyl (C=O) groups excluding carboxylic acids is 2. The number of sulfonamides is 1. The molecule has 0 spiro atoms. The average Bonchev–Trinajstić information content (AvgIpc) is 2.74. The molecular weight excluding hydrogens is 506 g/mol. The first-order valence-electron chi connectivity index (χ1n) is 10.9. The van der Waals surface area contributed by atoms with Crippen LogP contribution in [0.15, 0.2) is 53.0 Å². The van der Waals surface area contributed by atoms with E-state index >= 15 is 0 Å². The second kappa shape index (κ2) is 12.2. The van der Waals surface area contributed by atoms with Crippen LogP contribution in [0.2, 0.25) is 0 Å². The summed E-state index contributed by atoms with van der Waals surface area (Å²) in [5.74, 6) is -0.686. The van der Waals surface area contributed by atoms with Crippen molar-refractivity contribution in [3.05, 3.63) is 64.1 Å². The van der Waals surface area contributed by atoms with Crippen molar-refractivity contribution in [3.8, 4) is 0 Å². The van der Waals surface area contributed by atoms with Crippen molar-refractivity contribution in [2.45, 2.75) is 46.2 Å². The molecule has 0 saturated carbocycles. The molecule has 0 bridgehead atoms. The molecule has 2 aromatic carbocycles. The zero-order valence-corrected chi connectivity index (χ0v) is 21.9. The van der Waals surface area contributed by atoms with Gasteiger partial charge in [-0.15, -0.1) is 0 Å². The largest absolute Gasteiger partial charge is 0.354 e. The van der Waals surface area contributed by atoms with E-state index < -0.39 is 28.5 Å². The Bertz CT molecular complexity index is 1070. The molecule has 0 aliphatic heterocycles. The van der Waals surface area contributed by atoms with Crippen LogP contribution in [-0.4, -0.2) is 50.5 Å². The molecule has 2 rings (SSSR count). The number of amides is 2. The molecule has 7 nitrogen and oxygen atoms in total. The van der Waals surface area contributed by atoms with Crippen LogP contribution >= 0.6 is 15.9 Å². The molecular formula is C24H32BrN3O4S. The van der Waals surface area contributed by atoms with Crippen molar-refractivity contribution in [1.29, 1.82) is 0 Å². The number of rotatable bonds is 11. The number of nitrogens with one attached hydrogen (secondary N) is 1. The van der Waals surface area contributed by atoms with E-state index in [1.54, 1.807) is 24.3 Å². The molecule has 180 valence electrons. The minimum absolute atomic E-state index is 0.203. The number of nitrogens with zero attached hydrogens (tertiary/aromatic N) is 2. The Hall–Kier alpha value is -2.39. The quantitative estimate of drug-likeness (QED) is 0.471. The highest BCUT2D eigenvalue weighted by atomic mass is 79.9. The maximum atomic E-state index is 13.6. The third-order valence-corrected chi connectivity index (χ3v) is 6.78. The van der Waals surface area contributed by atoms with Gasteiger partial charge >= 0.3 is 0 Å². The molecule has 0 heterocycles. The highest BCUT2D eigenvalue weighted by Gasteiger charge is 2.31. The maximum absolute atomic E-state index is 13.6. The van der Waals surface area contributed by atoms with Gasteiger partial charge in [0.15, 0.2) is 0 Å². The van der Waals surface area contributed by atoms with Crippen LogP contribution in [0.1, 0.15) is 37.8 Å². The number of anilines is 1. The molecule has 2 aromatic rings. The van der Waals surface area contributed by atoms with E-state index in [1.807, 2.05) is 45.0 Å². The van der Waals surface area contributed by atoms with Gasteiger partial charge in [-0.3, -0.25) is 13.9 Å². The van der Waals surface area contributed by atoms with Gasteiger partial charge in [0, 0.05) is 17.6 Å². The highest BCUT2D eigenvalue weighted by molar-refractivity contribution is 9.10. The minimum atomic E-state index is -3.75. The van der Waals surface area contributed by atoms with Gasteiger partial charge in [-0.2, -0.15) is 0 Å². The van der Waals surface area contributed by atoms with Gasteiger partial charge in [-0.05, 0) is 43.5 Å². The topological polar surface area (TPSA) is 86.8 Å². The lowest BCUT2D eigenvalue weighted by atomic mass is 10.1. The molecule has 0 radical (unpaired) electrons. The Kier molecular flexibility index (Phi) is 9.91. The fourth-order valence-corrected chi connectivity index (χ4v) is 4.77. The number of hydrogen-bond donors (Lipinski definition) is 1. The molecule has 1 atom stereocenters. The number of aryl methyl sites for hydroxylation is 1. The summed E-state index contributed by atoms with van der Waals surface area (Å²) in [4.78, 5) is 27.9. The summed E-state index contributed by atoms with van der Waals surface area (Å²) in [6.07, 6.45) is 2.25. The lowest BCUT2D eigenvalue weighted by molar-refractivity contribution is -0.140. The van der Waals surface area contributed by atoms with Crippen LogP contribution in [-0.2, 0) is 26.2 Å². The Morgan fingerprint density at radius 3 is 2.36 bits per heavy atom. The molecule has 0 aliphatic rings. The molecule has 9 heteroatoms. The van der Waals surface area contributed by atoms with Crippen LogP contribution in [0.3, 0.4) is 0 Å². The lowest BCUT2D eigenvalue weighted by Crippen LogP contribution is -2.52. The Balaban J connectivity index is 2.42. The summed E-state index contributed by atoms with van der Waals surface area (Å²) < 4.78 is 26.9. The fourth-order valence-electron chi connectivity index (χ4n) is 3.54. The van der Waals surface area contributed by atoms with Gasteiger partial charge in [0.05, 0.1) is 11.9 Å². The first-order valence-corrected chi connectivity index (χ1v) is 13.6. The van der Waals surface area contributed by atoms with Crippen molar-refractivity contribution in [2.24, 2.45) is 0 Å². The van der Waals surface area contributed by atoms with Crippen molar-refractivity contribution in [1.82, 2.24) is 10.2 Å². The van der Waals surface area contributed by atoms with Gasteiger partial charge in [0.2, 0.25) is 21.8 Å². The van der Waals surface area contributed by atoms with Crippen molar-refractivity contribution < 1.29 is 18.0 Å². The van der Waals surface area contributed by atoms with Crippen molar-refractivity contribution in [2.75, 3.05) is 23.7 Å². The van der Waals surface area contributed by atoms with E-state index in [4.69, 9.17) is 0 Å². The summed E-state index contributed by atoms with van der Waals surface area (Å²) in [6.45, 7) is 6.07. The van der Waals surface area contributed by atoms with Gasteiger partial charge < -0.3 is 10.2 Å². The van der Waals surface area contributed by atoms with Gasteiger partial charge in [0.25, 0.3) is 0 Å². The van der Waals surface area contributed by atoms with Crippen LogP contribution < -0.4 is 9.62 Å². The summed E-state index contributed by atoms with van der Waals surface area (Å²) in [5, 5.41) is 2.87. The van der Waals surface area contributed by atoms with Crippen molar-refractivity contribution in [3.63, 3.8) is 0 Å². The predicted molar refractivity (Wildman–Crippen MR) is 135 cm³/mol. The second-order valence-electron chi connectivity index (χ2n) is 7.98. The van der Waals surface area contributed by atoms with Gasteiger partial charge in [-0.25, -0.2) is 8.42 Å².